The molecule has 0 aromatic carbocycles. The molecule has 1 atom stereocenters. The van der Waals surface area contributed by atoms with Gasteiger partial charge in [-0.3, -0.25) is 4.79 Å². The van der Waals surface area contributed by atoms with Gasteiger partial charge in [-0.2, -0.15) is 5.26 Å². The van der Waals surface area contributed by atoms with E-state index < -0.39 is 0 Å². The van der Waals surface area contributed by atoms with Crippen molar-refractivity contribution in [2.24, 2.45) is 0 Å². The third kappa shape index (κ3) is 2.99. The lowest BCUT2D eigenvalue weighted by atomic mass is 10.1. The van der Waals surface area contributed by atoms with Gasteiger partial charge in [0.05, 0.1) is 18.0 Å². The molecule has 1 aromatic heterocycles. The normalized spacial score (nSPS) is 19.1. The Morgan fingerprint density at radius 2 is 2.21 bits per heavy atom. The summed E-state index contributed by atoms with van der Waals surface area (Å²) in [6, 6.07) is 2.22. The zero-order chi connectivity index (χ0) is 13.7. The van der Waals surface area contributed by atoms with E-state index in [9.17, 15) is 4.79 Å². The van der Waals surface area contributed by atoms with Gasteiger partial charge in [0, 0.05) is 25.7 Å². The van der Waals surface area contributed by atoms with E-state index in [2.05, 4.69) is 21.8 Å². The third-order valence-corrected chi connectivity index (χ3v) is 3.34. The van der Waals surface area contributed by atoms with Gasteiger partial charge >= 0.3 is 0 Å². The van der Waals surface area contributed by atoms with Gasteiger partial charge in [-0.25, -0.2) is 9.97 Å². The van der Waals surface area contributed by atoms with Gasteiger partial charge < -0.3 is 9.80 Å². The largest absolute Gasteiger partial charge is 0.339 e. The first-order valence-corrected chi connectivity index (χ1v) is 6.46. The Kier molecular flexibility index (Phi) is 4.29. The maximum absolute atomic E-state index is 11.0. The fourth-order valence-corrected chi connectivity index (χ4v) is 2.32. The quantitative estimate of drug-likeness (QED) is 0.748. The predicted molar refractivity (Wildman–Crippen MR) is 70.4 cm³/mol. The summed E-state index contributed by atoms with van der Waals surface area (Å²) in [4.78, 5) is 23.3. The number of carbonyl (C=O) groups is 1. The van der Waals surface area contributed by atoms with Crippen molar-refractivity contribution in [1.82, 2.24) is 14.9 Å². The van der Waals surface area contributed by atoms with Crippen LogP contribution >= 0.6 is 0 Å². The molecular weight excluding hydrogens is 242 g/mol. The Balaban J connectivity index is 2.08. The number of nitrogens with zero attached hydrogens (tertiary/aromatic N) is 5. The minimum absolute atomic E-state index is 0.218. The molecule has 1 aliphatic rings. The summed E-state index contributed by atoms with van der Waals surface area (Å²) in [7, 11) is 0. The second kappa shape index (κ2) is 6.14. The summed E-state index contributed by atoms with van der Waals surface area (Å²) < 4.78 is 0. The standard InChI is InChI=1S/C13H17N5O/c1-2-3-12-9-17(4-5-18(12)10-19)13-15-7-11(6-14)8-16-13/h7-8,10,12H,2-5,9H2,1H3/t12-/m0/s1. The number of hydrogen-bond acceptors (Lipinski definition) is 5. The Morgan fingerprint density at radius 1 is 1.47 bits per heavy atom. The Hall–Kier alpha value is -2.16. The second-order valence-electron chi connectivity index (χ2n) is 4.62. The van der Waals surface area contributed by atoms with Crippen LogP contribution in [0.15, 0.2) is 12.4 Å². The summed E-state index contributed by atoms with van der Waals surface area (Å²) in [5.74, 6) is 0.630. The van der Waals surface area contributed by atoms with Crippen LogP contribution in [-0.2, 0) is 4.79 Å². The molecule has 0 spiro atoms. The number of hydrogen-bond donors (Lipinski definition) is 0. The van der Waals surface area contributed by atoms with Gasteiger partial charge in [0.2, 0.25) is 12.4 Å². The van der Waals surface area contributed by atoms with Crippen LogP contribution in [0.3, 0.4) is 0 Å². The molecule has 1 aliphatic heterocycles. The molecule has 100 valence electrons. The summed E-state index contributed by atoms with van der Waals surface area (Å²) in [6.45, 7) is 4.28. The minimum Gasteiger partial charge on any atom is -0.339 e. The lowest BCUT2D eigenvalue weighted by Gasteiger charge is -2.39. The van der Waals surface area contributed by atoms with E-state index in [1.54, 1.807) is 0 Å². The van der Waals surface area contributed by atoms with E-state index >= 15 is 0 Å². The number of carbonyl (C=O) groups excluding carboxylic acids is 1. The number of rotatable bonds is 4. The molecule has 6 heteroatoms. The first kappa shape index (κ1) is 13.3. The van der Waals surface area contributed by atoms with Gasteiger partial charge in [0.15, 0.2) is 0 Å². The molecule has 2 heterocycles. The second-order valence-corrected chi connectivity index (χ2v) is 4.62. The fraction of sp³-hybridized carbons (Fsp3) is 0.538. The van der Waals surface area contributed by atoms with Crippen LogP contribution in [0, 0.1) is 11.3 Å². The average Bonchev–Trinajstić information content (AvgIpc) is 2.47. The van der Waals surface area contributed by atoms with Crippen molar-refractivity contribution >= 4 is 12.4 Å². The van der Waals surface area contributed by atoms with Crippen LogP contribution in [0.2, 0.25) is 0 Å². The van der Waals surface area contributed by atoms with Crippen molar-refractivity contribution in [1.29, 1.82) is 5.26 Å². The van der Waals surface area contributed by atoms with E-state index in [4.69, 9.17) is 5.26 Å². The SMILES string of the molecule is CCC[C@H]1CN(c2ncc(C#N)cn2)CCN1C=O. The molecular formula is C13H17N5O. The van der Waals surface area contributed by atoms with Crippen molar-refractivity contribution in [3.8, 4) is 6.07 Å². The smallest absolute Gasteiger partial charge is 0.225 e. The highest BCUT2D eigenvalue weighted by atomic mass is 16.1. The highest BCUT2D eigenvalue weighted by Gasteiger charge is 2.26. The molecule has 1 saturated heterocycles. The van der Waals surface area contributed by atoms with Gasteiger partial charge in [-0.05, 0) is 6.42 Å². The summed E-state index contributed by atoms with van der Waals surface area (Å²) in [5.41, 5.74) is 0.459. The monoisotopic (exact) mass is 259 g/mol. The minimum atomic E-state index is 0.218. The van der Waals surface area contributed by atoms with Crippen molar-refractivity contribution in [2.75, 3.05) is 24.5 Å². The fourth-order valence-electron chi connectivity index (χ4n) is 2.32. The summed E-state index contributed by atoms with van der Waals surface area (Å²) >= 11 is 0. The zero-order valence-electron chi connectivity index (χ0n) is 11.0. The molecule has 19 heavy (non-hydrogen) atoms. The third-order valence-electron chi connectivity index (χ3n) is 3.34. The van der Waals surface area contributed by atoms with Crippen molar-refractivity contribution < 1.29 is 4.79 Å². The van der Waals surface area contributed by atoms with Crippen LogP contribution in [0.5, 0.6) is 0 Å². The van der Waals surface area contributed by atoms with Crippen LogP contribution in [0.25, 0.3) is 0 Å². The molecule has 0 aliphatic carbocycles. The number of amides is 1. The van der Waals surface area contributed by atoms with Crippen molar-refractivity contribution in [3.63, 3.8) is 0 Å². The molecule has 1 aromatic rings. The van der Waals surface area contributed by atoms with Gasteiger partial charge in [0.1, 0.15) is 6.07 Å². The molecule has 0 saturated carbocycles. The van der Waals surface area contributed by atoms with E-state index in [1.807, 2.05) is 11.0 Å². The molecule has 1 amide bonds. The Bertz CT molecular complexity index is 467. The first-order chi connectivity index (χ1) is 9.28. The van der Waals surface area contributed by atoms with E-state index in [-0.39, 0.29) is 6.04 Å². The lowest BCUT2D eigenvalue weighted by molar-refractivity contribution is -0.120. The maximum Gasteiger partial charge on any atom is 0.225 e. The zero-order valence-corrected chi connectivity index (χ0v) is 11.0. The lowest BCUT2D eigenvalue weighted by Crippen LogP contribution is -2.53. The highest BCUT2D eigenvalue weighted by molar-refractivity contribution is 5.49. The first-order valence-electron chi connectivity index (χ1n) is 6.46. The van der Waals surface area contributed by atoms with Gasteiger partial charge in [-0.1, -0.05) is 13.3 Å². The maximum atomic E-state index is 11.0. The molecule has 2 rings (SSSR count). The molecule has 0 unspecified atom stereocenters. The summed E-state index contributed by atoms with van der Waals surface area (Å²) in [6.07, 6.45) is 6.01. The van der Waals surface area contributed by atoms with Gasteiger partial charge in [-0.15, -0.1) is 0 Å². The van der Waals surface area contributed by atoms with E-state index in [1.165, 1.54) is 12.4 Å². The predicted octanol–water partition coefficient (Wildman–Crippen LogP) is 0.795. The number of aromatic nitrogens is 2. The van der Waals surface area contributed by atoms with Gasteiger partial charge in [0.25, 0.3) is 0 Å². The highest BCUT2D eigenvalue weighted by Crippen LogP contribution is 2.17. The van der Waals surface area contributed by atoms with Crippen LogP contribution in [0.4, 0.5) is 5.95 Å². The van der Waals surface area contributed by atoms with Crippen LogP contribution < -0.4 is 4.90 Å². The summed E-state index contributed by atoms with van der Waals surface area (Å²) in [5, 5.41) is 8.73. The Morgan fingerprint density at radius 3 is 2.79 bits per heavy atom. The average molecular weight is 259 g/mol. The molecule has 0 N–H and O–H groups in total. The molecule has 1 fully saturated rings. The number of piperazine rings is 1. The van der Waals surface area contributed by atoms with E-state index in [0.717, 1.165) is 32.3 Å². The Labute approximate surface area is 112 Å². The molecule has 0 bridgehead atoms. The van der Waals surface area contributed by atoms with E-state index in [0.29, 0.717) is 18.1 Å². The molecule has 6 nitrogen and oxygen atoms in total. The van der Waals surface area contributed by atoms with Crippen molar-refractivity contribution in [3.05, 3.63) is 18.0 Å². The van der Waals surface area contributed by atoms with Crippen LogP contribution in [0.1, 0.15) is 25.3 Å². The number of anilines is 1. The molecule has 0 radical (unpaired) electrons. The topological polar surface area (TPSA) is 73.1 Å². The van der Waals surface area contributed by atoms with Crippen molar-refractivity contribution in [2.45, 2.75) is 25.8 Å². The van der Waals surface area contributed by atoms with Crippen LogP contribution in [-0.4, -0.2) is 47.0 Å². The number of nitriles is 1.